The van der Waals surface area contributed by atoms with Gasteiger partial charge in [-0.25, -0.2) is 14.4 Å². The van der Waals surface area contributed by atoms with Crippen LogP contribution in [0.2, 0.25) is 5.02 Å². The summed E-state index contributed by atoms with van der Waals surface area (Å²) in [5.74, 6) is -2.04. The number of rotatable bonds is 3. The first-order valence-corrected chi connectivity index (χ1v) is 9.56. The number of alkyl halides is 3. The van der Waals surface area contributed by atoms with Crippen LogP contribution in [0.1, 0.15) is 41.5 Å². The molecular formula is C20H18ClF4N5O2. The third-order valence-electron chi connectivity index (χ3n) is 5.08. The molecule has 1 aromatic heterocycles. The van der Waals surface area contributed by atoms with Crippen LogP contribution in [0.5, 0.6) is 0 Å². The minimum atomic E-state index is -4.67. The number of hydrogen-bond acceptors (Lipinski definition) is 5. The van der Waals surface area contributed by atoms with E-state index in [9.17, 15) is 27.2 Å². The van der Waals surface area contributed by atoms with Crippen LogP contribution in [0.25, 0.3) is 0 Å². The maximum atomic E-state index is 14.6. The van der Waals surface area contributed by atoms with Gasteiger partial charge in [0.05, 0.1) is 22.0 Å². The van der Waals surface area contributed by atoms with Gasteiger partial charge in [-0.05, 0) is 38.1 Å². The second-order valence-electron chi connectivity index (χ2n) is 7.72. The number of amides is 2. The van der Waals surface area contributed by atoms with Crippen molar-refractivity contribution in [3.8, 4) is 0 Å². The molecule has 3 rings (SSSR count). The number of benzene rings is 1. The lowest BCUT2D eigenvalue weighted by atomic mass is 9.78. The van der Waals surface area contributed by atoms with Gasteiger partial charge in [0.1, 0.15) is 11.5 Å². The summed E-state index contributed by atoms with van der Waals surface area (Å²) >= 11 is 5.80. The van der Waals surface area contributed by atoms with E-state index in [0.717, 1.165) is 11.0 Å². The van der Waals surface area contributed by atoms with E-state index >= 15 is 0 Å². The Morgan fingerprint density at radius 1 is 1.28 bits per heavy atom. The number of pyridine rings is 1. The molecule has 170 valence electrons. The summed E-state index contributed by atoms with van der Waals surface area (Å²) in [5, 5.41) is 1.91. The molecule has 2 heterocycles. The Morgan fingerprint density at radius 3 is 2.53 bits per heavy atom. The van der Waals surface area contributed by atoms with Crippen LogP contribution in [0, 0.1) is 11.2 Å². The molecule has 3 N–H and O–H groups in total. The Balaban J connectivity index is 1.93. The lowest BCUT2D eigenvalue weighted by Gasteiger charge is -2.38. The van der Waals surface area contributed by atoms with Crippen molar-refractivity contribution < 1.29 is 27.2 Å². The molecule has 0 bridgehead atoms. The number of anilines is 1. The summed E-state index contributed by atoms with van der Waals surface area (Å²) in [4.78, 5) is 34.0. The SMILES string of the molecule is CN1C(=O)C(C)(C)C(c2cc(NC(=O)c3ncc(C(F)(F)F)cc3Cl)ccc2F)N=C1N. The molecule has 0 spiro atoms. The molecule has 1 unspecified atom stereocenters. The van der Waals surface area contributed by atoms with Gasteiger partial charge in [0.2, 0.25) is 5.91 Å². The summed E-state index contributed by atoms with van der Waals surface area (Å²) in [6.45, 7) is 3.17. The highest BCUT2D eigenvalue weighted by Gasteiger charge is 2.45. The minimum absolute atomic E-state index is 0.00340. The topological polar surface area (TPSA) is 101 Å². The molecule has 0 fully saturated rings. The fourth-order valence-corrected chi connectivity index (χ4v) is 3.53. The zero-order valence-corrected chi connectivity index (χ0v) is 17.8. The van der Waals surface area contributed by atoms with Crippen molar-refractivity contribution in [1.29, 1.82) is 0 Å². The Kier molecular flexibility index (Phi) is 5.90. The van der Waals surface area contributed by atoms with E-state index in [-0.39, 0.29) is 23.1 Å². The lowest BCUT2D eigenvalue weighted by molar-refractivity contribution is -0.138. The van der Waals surface area contributed by atoms with Crippen LogP contribution in [-0.4, -0.2) is 34.7 Å². The summed E-state index contributed by atoms with van der Waals surface area (Å²) in [6.07, 6.45) is -4.18. The van der Waals surface area contributed by atoms with Crippen LogP contribution < -0.4 is 11.1 Å². The van der Waals surface area contributed by atoms with Crippen molar-refractivity contribution in [3.63, 3.8) is 0 Å². The molecule has 7 nitrogen and oxygen atoms in total. The van der Waals surface area contributed by atoms with Crippen molar-refractivity contribution in [2.45, 2.75) is 26.1 Å². The number of carbonyl (C=O) groups is 2. The highest BCUT2D eigenvalue weighted by Crippen LogP contribution is 2.42. The minimum Gasteiger partial charge on any atom is -0.369 e. The van der Waals surface area contributed by atoms with Crippen LogP contribution >= 0.6 is 11.6 Å². The van der Waals surface area contributed by atoms with Gasteiger partial charge in [0.25, 0.3) is 5.91 Å². The van der Waals surface area contributed by atoms with Crippen LogP contribution in [0.4, 0.5) is 23.2 Å². The van der Waals surface area contributed by atoms with E-state index in [1.807, 2.05) is 0 Å². The maximum Gasteiger partial charge on any atom is 0.417 e. The molecule has 2 aromatic rings. The monoisotopic (exact) mass is 471 g/mol. The zero-order chi connectivity index (χ0) is 24.0. The predicted molar refractivity (Wildman–Crippen MR) is 110 cm³/mol. The van der Waals surface area contributed by atoms with Gasteiger partial charge in [0, 0.05) is 24.5 Å². The zero-order valence-electron chi connectivity index (χ0n) is 17.1. The number of hydrogen-bond donors (Lipinski definition) is 2. The third kappa shape index (κ3) is 4.24. The average Bonchev–Trinajstić information content (AvgIpc) is 2.70. The summed E-state index contributed by atoms with van der Waals surface area (Å²) in [5.41, 5.74) is 3.20. The third-order valence-corrected chi connectivity index (χ3v) is 5.36. The highest BCUT2D eigenvalue weighted by atomic mass is 35.5. The van der Waals surface area contributed by atoms with E-state index < -0.39 is 45.6 Å². The van der Waals surface area contributed by atoms with Gasteiger partial charge in [-0.1, -0.05) is 11.6 Å². The molecule has 1 aliphatic rings. The fraction of sp³-hybridized carbons (Fsp3) is 0.300. The Hall–Kier alpha value is -3.21. The summed E-state index contributed by atoms with van der Waals surface area (Å²) in [6, 6.07) is 3.19. The lowest BCUT2D eigenvalue weighted by Crippen LogP contribution is -2.51. The predicted octanol–water partition coefficient (Wildman–Crippen LogP) is 4.00. The van der Waals surface area contributed by atoms with Gasteiger partial charge in [0.15, 0.2) is 5.96 Å². The van der Waals surface area contributed by atoms with E-state index in [2.05, 4.69) is 15.3 Å². The van der Waals surface area contributed by atoms with Crippen LogP contribution in [0.15, 0.2) is 35.5 Å². The second-order valence-corrected chi connectivity index (χ2v) is 8.13. The molecule has 0 saturated carbocycles. The first-order valence-electron chi connectivity index (χ1n) is 9.18. The smallest absolute Gasteiger partial charge is 0.369 e. The average molecular weight is 472 g/mol. The standard InChI is InChI=1S/C20H18ClF4N5O2/c1-19(2)15(29-18(26)30(3)17(19)32)11-7-10(4-5-13(11)22)28-16(31)14-12(21)6-9(8-27-14)20(23,24)25/h4-8,15H,1-3H3,(H2,26,29)(H,28,31). The number of aliphatic imine (C=N–C) groups is 1. The molecule has 1 aromatic carbocycles. The highest BCUT2D eigenvalue weighted by molar-refractivity contribution is 6.34. The Bertz CT molecular complexity index is 1130. The van der Waals surface area contributed by atoms with Crippen molar-refractivity contribution in [3.05, 3.63) is 58.1 Å². The normalized spacial score (nSPS) is 18.4. The van der Waals surface area contributed by atoms with Gasteiger partial charge in [-0.15, -0.1) is 0 Å². The van der Waals surface area contributed by atoms with Crippen molar-refractivity contribution in [2.75, 3.05) is 12.4 Å². The number of nitrogens with two attached hydrogens (primary N) is 1. The molecule has 32 heavy (non-hydrogen) atoms. The number of aromatic nitrogens is 1. The van der Waals surface area contributed by atoms with Crippen LogP contribution in [0.3, 0.4) is 0 Å². The van der Waals surface area contributed by atoms with Crippen LogP contribution in [-0.2, 0) is 11.0 Å². The van der Waals surface area contributed by atoms with Gasteiger partial charge < -0.3 is 11.1 Å². The number of nitrogens with zero attached hydrogens (tertiary/aromatic N) is 3. The van der Waals surface area contributed by atoms with Crippen molar-refractivity contribution >= 4 is 35.1 Å². The van der Waals surface area contributed by atoms with Crippen molar-refractivity contribution in [2.24, 2.45) is 16.1 Å². The molecule has 0 radical (unpaired) electrons. The van der Waals surface area contributed by atoms with E-state index in [4.69, 9.17) is 17.3 Å². The van der Waals surface area contributed by atoms with E-state index in [1.165, 1.54) is 19.2 Å². The Labute approximate surface area is 185 Å². The molecule has 0 aliphatic carbocycles. The quantitative estimate of drug-likeness (QED) is 0.661. The molecule has 0 saturated heterocycles. The number of nitrogens with one attached hydrogen (secondary N) is 1. The maximum absolute atomic E-state index is 14.6. The molecule has 1 aliphatic heterocycles. The number of carbonyl (C=O) groups excluding carboxylic acids is 2. The molecular weight excluding hydrogens is 454 g/mol. The fourth-order valence-electron chi connectivity index (χ4n) is 3.27. The molecule has 12 heteroatoms. The molecule has 2 amide bonds. The van der Waals surface area contributed by atoms with Gasteiger partial charge >= 0.3 is 6.18 Å². The molecule has 1 atom stereocenters. The number of halogens is 5. The summed E-state index contributed by atoms with van der Waals surface area (Å²) in [7, 11) is 1.45. The van der Waals surface area contributed by atoms with Gasteiger partial charge in [-0.3, -0.25) is 14.5 Å². The van der Waals surface area contributed by atoms with E-state index in [1.54, 1.807) is 13.8 Å². The van der Waals surface area contributed by atoms with E-state index in [0.29, 0.717) is 12.3 Å². The first-order chi connectivity index (χ1) is 14.7. The largest absolute Gasteiger partial charge is 0.417 e. The van der Waals surface area contributed by atoms with Crippen molar-refractivity contribution in [1.82, 2.24) is 9.88 Å². The first kappa shape index (κ1) is 23.5. The summed E-state index contributed by atoms with van der Waals surface area (Å²) < 4.78 is 52.9. The second kappa shape index (κ2) is 8.05. The Morgan fingerprint density at radius 2 is 1.94 bits per heavy atom. The number of guanidine groups is 1. The van der Waals surface area contributed by atoms with Gasteiger partial charge in [-0.2, -0.15) is 13.2 Å².